The van der Waals surface area contributed by atoms with Crippen molar-refractivity contribution in [1.29, 1.82) is 0 Å². The molecule has 0 aliphatic rings. The van der Waals surface area contributed by atoms with Crippen molar-refractivity contribution in [3.63, 3.8) is 0 Å². The van der Waals surface area contributed by atoms with Gasteiger partial charge in [0.15, 0.2) is 0 Å². The Morgan fingerprint density at radius 2 is 1.30 bits per heavy atom. The van der Waals surface area contributed by atoms with Crippen molar-refractivity contribution in [2.45, 2.75) is 39.5 Å². The maximum Gasteiger partial charge on any atom is 1.00 e. The smallest absolute Gasteiger partial charge is 0.317 e. The molecular formula is C8H19CuN+. The number of hydrogen-bond donors (Lipinski definition) is 1. The molecule has 0 aromatic heterocycles. The molecule has 1 N–H and O–H groups in total. The summed E-state index contributed by atoms with van der Waals surface area (Å²) in [6, 6.07) is 0. The normalized spacial score (nSPS) is 9.00. The quantitative estimate of drug-likeness (QED) is 0.503. The van der Waals surface area contributed by atoms with Crippen LogP contribution in [0.3, 0.4) is 0 Å². The van der Waals surface area contributed by atoms with Crippen molar-refractivity contribution in [2.75, 3.05) is 13.1 Å². The Labute approximate surface area is 75.4 Å². The second kappa shape index (κ2) is 12.2. The summed E-state index contributed by atoms with van der Waals surface area (Å²) in [6.07, 6.45) is 5.26. The largest absolute Gasteiger partial charge is 1.00 e. The van der Waals surface area contributed by atoms with Gasteiger partial charge in [-0.05, 0) is 25.9 Å². The summed E-state index contributed by atoms with van der Waals surface area (Å²) in [5.41, 5.74) is 0. The van der Waals surface area contributed by atoms with Crippen LogP contribution in [0.1, 0.15) is 39.5 Å². The molecule has 0 aliphatic heterocycles. The number of rotatable bonds is 6. The van der Waals surface area contributed by atoms with Crippen LogP contribution in [0, 0.1) is 0 Å². The third kappa shape index (κ3) is 11.3. The summed E-state index contributed by atoms with van der Waals surface area (Å²) >= 11 is 0. The second-order valence-corrected chi connectivity index (χ2v) is 2.46. The van der Waals surface area contributed by atoms with E-state index in [-0.39, 0.29) is 17.1 Å². The molecule has 2 heteroatoms. The predicted octanol–water partition coefficient (Wildman–Crippen LogP) is 2.17. The first-order valence-electron chi connectivity index (χ1n) is 4.12. The molecule has 0 radical (unpaired) electrons. The molecule has 0 aliphatic carbocycles. The standard InChI is InChI=1S/C8H19N.Cu/c1-3-5-7-9-8-6-4-2;/h9H,3-8H2,1-2H3;/q;+1. The molecule has 1 nitrogen and oxygen atoms in total. The monoisotopic (exact) mass is 192 g/mol. The van der Waals surface area contributed by atoms with E-state index in [4.69, 9.17) is 0 Å². The van der Waals surface area contributed by atoms with Gasteiger partial charge in [-0.1, -0.05) is 26.7 Å². The Hall–Kier alpha value is 0.479. The van der Waals surface area contributed by atoms with Crippen LogP contribution in [0.4, 0.5) is 0 Å². The molecular weight excluding hydrogens is 174 g/mol. The van der Waals surface area contributed by atoms with E-state index in [1.165, 1.54) is 38.8 Å². The molecule has 0 heterocycles. The van der Waals surface area contributed by atoms with Crippen LogP contribution in [-0.2, 0) is 17.1 Å². The van der Waals surface area contributed by atoms with Crippen LogP contribution in [0.15, 0.2) is 0 Å². The summed E-state index contributed by atoms with van der Waals surface area (Å²) in [4.78, 5) is 0. The predicted molar refractivity (Wildman–Crippen MR) is 42.7 cm³/mol. The van der Waals surface area contributed by atoms with Gasteiger partial charge in [0, 0.05) is 0 Å². The van der Waals surface area contributed by atoms with Gasteiger partial charge in [-0.2, -0.15) is 0 Å². The van der Waals surface area contributed by atoms with Crippen molar-refractivity contribution in [2.24, 2.45) is 0 Å². The summed E-state index contributed by atoms with van der Waals surface area (Å²) in [7, 11) is 0. The van der Waals surface area contributed by atoms with Crippen LogP contribution in [0.2, 0.25) is 0 Å². The average molecular weight is 193 g/mol. The van der Waals surface area contributed by atoms with E-state index in [9.17, 15) is 0 Å². The first kappa shape index (κ1) is 13.1. The SMILES string of the molecule is CCCCNCCCC.[Cu+]. The fourth-order valence-electron chi connectivity index (χ4n) is 0.729. The van der Waals surface area contributed by atoms with Crippen molar-refractivity contribution in [3.05, 3.63) is 0 Å². The molecule has 0 rings (SSSR count). The van der Waals surface area contributed by atoms with Gasteiger partial charge in [0.2, 0.25) is 0 Å². The molecule has 0 fully saturated rings. The van der Waals surface area contributed by atoms with Gasteiger partial charge in [0.1, 0.15) is 0 Å². The Bertz CT molecular complexity index is 42.5. The molecule has 10 heavy (non-hydrogen) atoms. The zero-order chi connectivity index (χ0) is 6.95. The third-order valence-corrected chi connectivity index (χ3v) is 1.41. The van der Waals surface area contributed by atoms with E-state index in [0.29, 0.717) is 0 Å². The maximum absolute atomic E-state index is 3.39. The Morgan fingerprint density at radius 1 is 0.900 bits per heavy atom. The van der Waals surface area contributed by atoms with Gasteiger partial charge >= 0.3 is 17.1 Å². The van der Waals surface area contributed by atoms with Crippen molar-refractivity contribution in [3.8, 4) is 0 Å². The summed E-state index contributed by atoms with van der Waals surface area (Å²) < 4.78 is 0. The van der Waals surface area contributed by atoms with Gasteiger partial charge in [0.25, 0.3) is 0 Å². The fourth-order valence-corrected chi connectivity index (χ4v) is 0.729. The Balaban J connectivity index is 0. The summed E-state index contributed by atoms with van der Waals surface area (Å²) in [5, 5.41) is 3.39. The van der Waals surface area contributed by atoms with Gasteiger partial charge in [-0.25, -0.2) is 0 Å². The van der Waals surface area contributed by atoms with Crippen molar-refractivity contribution < 1.29 is 17.1 Å². The molecule has 0 amide bonds. The van der Waals surface area contributed by atoms with E-state index in [2.05, 4.69) is 19.2 Å². The van der Waals surface area contributed by atoms with Gasteiger partial charge < -0.3 is 5.32 Å². The first-order valence-corrected chi connectivity index (χ1v) is 4.12. The average Bonchev–Trinajstić information content (AvgIpc) is 1.89. The number of hydrogen-bond acceptors (Lipinski definition) is 1. The first-order chi connectivity index (χ1) is 4.41. The van der Waals surface area contributed by atoms with Crippen molar-refractivity contribution >= 4 is 0 Å². The maximum atomic E-state index is 3.39. The van der Waals surface area contributed by atoms with Gasteiger partial charge in [-0.15, -0.1) is 0 Å². The molecule has 0 bridgehead atoms. The van der Waals surface area contributed by atoms with Crippen LogP contribution < -0.4 is 5.32 Å². The van der Waals surface area contributed by atoms with Crippen molar-refractivity contribution in [1.82, 2.24) is 5.32 Å². The van der Waals surface area contributed by atoms with Gasteiger partial charge in [-0.3, -0.25) is 0 Å². The number of nitrogens with one attached hydrogen (secondary N) is 1. The number of unbranched alkanes of at least 4 members (excludes halogenated alkanes) is 2. The van der Waals surface area contributed by atoms with E-state index in [1.54, 1.807) is 0 Å². The summed E-state index contributed by atoms with van der Waals surface area (Å²) in [5.74, 6) is 0. The minimum Gasteiger partial charge on any atom is -0.317 e. The van der Waals surface area contributed by atoms with Crippen LogP contribution >= 0.6 is 0 Å². The second-order valence-electron chi connectivity index (χ2n) is 2.46. The molecule has 0 spiro atoms. The third-order valence-electron chi connectivity index (χ3n) is 1.41. The minimum atomic E-state index is 0. The molecule has 0 saturated heterocycles. The topological polar surface area (TPSA) is 12.0 Å². The summed E-state index contributed by atoms with van der Waals surface area (Å²) in [6.45, 7) is 6.86. The molecule has 0 aromatic rings. The molecule has 66 valence electrons. The van der Waals surface area contributed by atoms with E-state index in [1.807, 2.05) is 0 Å². The molecule has 0 unspecified atom stereocenters. The fraction of sp³-hybridized carbons (Fsp3) is 1.00. The Morgan fingerprint density at radius 3 is 1.60 bits per heavy atom. The van der Waals surface area contributed by atoms with Crippen LogP contribution in [0.5, 0.6) is 0 Å². The van der Waals surface area contributed by atoms with Crippen LogP contribution in [0.25, 0.3) is 0 Å². The molecule has 0 saturated carbocycles. The zero-order valence-electron chi connectivity index (χ0n) is 7.04. The molecule has 0 atom stereocenters. The van der Waals surface area contributed by atoms with E-state index >= 15 is 0 Å². The van der Waals surface area contributed by atoms with Crippen LogP contribution in [-0.4, -0.2) is 13.1 Å². The minimum absolute atomic E-state index is 0. The van der Waals surface area contributed by atoms with Gasteiger partial charge in [0.05, 0.1) is 0 Å². The van der Waals surface area contributed by atoms with E-state index in [0.717, 1.165) is 0 Å². The molecule has 0 aromatic carbocycles. The van der Waals surface area contributed by atoms with E-state index < -0.39 is 0 Å². The Kier molecular flexibility index (Phi) is 16.0. The zero-order valence-corrected chi connectivity index (χ0v) is 7.99.